The van der Waals surface area contributed by atoms with Crippen LogP contribution < -0.4 is 5.32 Å². The molecule has 0 bridgehead atoms. The van der Waals surface area contributed by atoms with Crippen molar-refractivity contribution in [2.75, 3.05) is 6.54 Å². The first kappa shape index (κ1) is 26.9. The Morgan fingerprint density at radius 1 is 0.973 bits per heavy atom. The van der Waals surface area contributed by atoms with Crippen molar-refractivity contribution in [2.45, 2.75) is 36.2 Å². The van der Waals surface area contributed by atoms with Crippen LogP contribution in [0.2, 0.25) is 10.0 Å². The van der Waals surface area contributed by atoms with E-state index in [1.165, 1.54) is 24.3 Å². The third-order valence-corrected chi connectivity index (χ3v) is 8.51. The van der Waals surface area contributed by atoms with Crippen LogP contribution in [0.4, 0.5) is 0 Å². The number of hydrogen-bond acceptors (Lipinski definition) is 5. The van der Waals surface area contributed by atoms with Crippen LogP contribution >= 0.6 is 23.2 Å². The summed E-state index contributed by atoms with van der Waals surface area (Å²) in [6, 6.07) is 14.9. The number of amides is 1. The summed E-state index contributed by atoms with van der Waals surface area (Å²) < 4.78 is 27.9. The minimum Gasteiger partial charge on any atom is -0.508 e. The van der Waals surface area contributed by atoms with E-state index in [9.17, 15) is 28.2 Å². The van der Waals surface area contributed by atoms with Gasteiger partial charge in [0.25, 0.3) is 0 Å². The van der Waals surface area contributed by atoms with Crippen LogP contribution in [0.15, 0.2) is 71.6 Å². The molecule has 0 spiro atoms. The van der Waals surface area contributed by atoms with Crippen molar-refractivity contribution in [2.24, 2.45) is 0 Å². The van der Waals surface area contributed by atoms with Gasteiger partial charge in [0, 0.05) is 23.0 Å². The first-order chi connectivity index (χ1) is 17.5. The van der Waals surface area contributed by atoms with Crippen LogP contribution in [0, 0.1) is 0 Å². The van der Waals surface area contributed by atoms with Crippen LogP contribution in [0.3, 0.4) is 0 Å². The molecule has 1 saturated heterocycles. The van der Waals surface area contributed by atoms with Gasteiger partial charge >= 0.3 is 5.97 Å². The molecule has 0 radical (unpaired) electrons. The first-order valence-corrected chi connectivity index (χ1v) is 13.6. The number of sulfonamides is 1. The number of aromatic hydroxyl groups is 1. The molecule has 1 fully saturated rings. The molecule has 11 heteroatoms. The Balaban J connectivity index is 1.51. The average molecular weight is 563 g/mol. The largest absolute Gasteiger partial charge is 0.508 e. The van der Waals surface area contributed by atoms with Crippen LogP contribution in [0.25, 0.3) is 11.1 Å². The highest BCUT2D eigenvalue weighted by atomic mass is 35.5. The minimum absolute atomic E-state index is 0.0166. The molecule has 3 aromatic carbocycles. The molecule has 0 aromatic heterocycles. The number of carbonyl (C=O) groups excluding carboxylic acids is 1. The topological polar surface area (TPSA) is 124 Å². The number of hydrogen-bond donors (Lipinski definition) is 3. The van der Waals surface area contributed by atoms with Crippen molar-refractivity contribution in [3.63, 3.8) is 0 Å². The van der Waals surface area contributed by atoms with Crippen LogP contribution in [-0.2, 0) is 26.0 Å². The van der Waals surface area contributed by atoms with E-state index in [0.717, 1.165) is 15.4 Å². The summed E-state index contributed by atoms with van der Waals surface area (Å²) in [5.74, 6) is -1.88. The predicted octanol–water partition coefficient (Wildman–Crippen LogP) is 4.33. The van der Waals surface area contributed by atoms with E-state index >= 15 is 0 Å². The molecule has 37 heavy (non-hydrogen) atoms. The Labute approximate surface area is 224 Å². The lowest BCUT2D eigenvalue weighted by atomic mass is 10.1. The number of carboxylic acids is 1. The van der Waals surface area contributed by atoms with Crippen molar-refractivity contribution in [3.8, 4) is 16.9 Å². The van der Waals surface area contributed by atoms with Gasteiger partial charge in [0.2, 0.25) is 15.9 Å². The van der Waals surface area contributed by atoms with E-state index in [1.807, 2.05) is 0 Å². The van der Waals surface area contributed by atoms with E-state index in [4.69, 9.17) is 23.2 Å². The van der Waals surface area contributed by atoms with Crippen LogP contribution in [0.1, 0.15) is 18.4 Å². The van der Waals surface area contributed by atoms with Gasteiger partial charge < -0.3 is 15.5 Å². The lowest BCUT2D eigenvalue weighted by Gasteiger charge is -2.25. The zero-order valence-electron chi connectivity index (χ0n) is 19.5. The highest BCUT2D eigenvalue weighted by Crippen LogP contribution is 2.30. The third kappa shape index (κ3) is 6.24. The maximum Gasteiger partial charge on any atom is 0.326 e. The summed E-state index contributed by atoms with van der Waals surface area (Å²) in [5, 5.41) is 22.4. The maximum absolute atomic E-state index is 13.4. The molecule has 0 saturated carbocycles. The number of carbonyl (C=O) groups is 2. The molecule has 0 unspecified atom stereocenters. The van der Waals surface area contributed by atoms with E-state index in [1.54, 1.807) is 42.5 Å². The molecule has 4 rings (SSSR count). The molecule has 1 amide bonds. The Kier molecular flexibility index (Phi) is 8.08. The summed E-state index contributed by atoms with van der Waals surface area (Å²) in [7, 11) is -4.02. The summed E-state index contributed by atoms with van der Waals surface area (Å²) in [5.41, 5.74) is 2.05. The number of halogens is 2. The zero-order chi connectivity index (χ0) is 26.7. The van der Waals surface area contributed by atoms with Gasteiger partial charge in [-0.2, -0.15) is 4.31 Å². The fourth-order valence-corrected chi connectivity index (χ4v) is 6.48. The van der Waals surface area contributed by atoms with E-state index in [-0.39, 0.29) is 30.0 Å². The smallest absolute Gasteiger partial charge is 0.326 e. The number of rotatable bonds is 8. The van der Waals surface area contributed by atoms with Gasteiger partial charge in [-0.3, -0.25) is 4.79 Å². The van der Waals surface area contributed by atoms with Crippen molar-refractivity contribution in [3.05, 3.63) is 82.3 Å². The van der Waals surface area contributed by atoms with Gasteiger partial charge in [0.05, 0.1) is 4.90 Å². The summed E-state index contributed by atoms with van der Waals surface area (Å²) in [6.07, 6.45) is 0.720. The number of nitrogens with one attached hydrogen (secondary N) is 1. The second-order valence-corrected chi connectivity index (χ2v) is 11.5. The second-order valence-electron chi connectivity index (χ2n) is 8.73. The minimum atomic E-state index is -4.02. The summed E-state index contributed by atoms with van der Waals surface area (Å²) in [4.78, 5) is 24.9. The molecule has 3 N–H and O–H groups in total. The van der Waals surface area contributed by atoms with Gasteiger partial charge in [0.15, 0.2) is 0 Å². The third-order valence-electron chi connectivity index (χ3n) is 6.15. The highest BCUT2D eigenvalue weighted by Gasteiger charge is 2.40. The van der Waals surface area contributed by atoms with Gasteiger partial charge in [-0.15, -0.1) is 0 Å². The summed E-state index contributed by atoms with van der Waals surface area (Å²) in [6.45, 7) is 0.141. The van der Waals surface area contributed by atoms with Crippen LogP contribution in [-0.4, -0.2) is 53.4 Å². The van der Waals surface area contributed by atoms with Gasteiger partial charge in [0.1, 0.15) is 17.8 Å². The highest BCUT2D eigenvalue weighted by molar-refractivity contribution is 7.89. The average Bonchev–Trinajstić information content (AvgIpc) is 3.35. The van der Waals surface area contributed by atoms with E-state index < -0.39 is 34.0 Å². The van der Waals surface area contributed by atoms with Gasteiger partial charge in [-0.05, 0) is 72.0 Å². The van der Waals surface area contributed by atoms with Crippen LogP contribution in [0.5, 0.6) is 5.75 Å². The zero-order valence-corrected chi connectivity index (χ0v) is 21.8. The predicted molar refractivity (Wildman–Crippen MR) is 140 cm³/mol. The van der Waals surface area contributed by atoms with E-state index in [0.29, 0.717) is 22.0 Å². The molecule has 194 valence electrons. The Morgan fingerprint density at radius 3 is 2.19 bits per heavy atom. The SMILES string of the molecule is O=C(O)[C@H](Cc1ccc(O)cc1)NC(=O)[C@@H]1CCCN1S(=O)(=O)c1ccc(-c2cc(Cl)cc(Cl)c2)cc1. The number of aliphatic carboxylic acids is 1. The number of phenols is 1. The van der Waals surface area contributed by atoms with Gasteiger partial charge in [-0.25, -0.2) is 13.2 Å². The van der Waals surface area contributed by atoms with Gasteiger partial charge in [-0.1, -0.05) is 47.5 Å². The standard InChI is InChI=1S/C26H24Cl2N2O6S/c27-19-13-18(14-20(28)15-19)17-5-9-22(10-6-17)37(35,36)30-11-1-2-24(30)25(32)29-23(26(33)34)12-16-3-7-21(31)8-4-16/h3-10,13-15,23-24,31H,1-2,11-12H2,(H,29,32)(H,33,34)/t23-,24-/m0/s1. The maximum atomic E-state index is 13.4. The Morgan fingerprint density at radius 2 is 1.59 bits per heavy atom. The van der Waals surface area contributed by atoms with E-state index in [2.05, 4.69) is 5.32 Å². The number of phenolic OH excluding ortho intramolecular Hbond substituents is 1. The molecule has 1 aliphatic rings. The van der Waals surface area contributed by atoms with Crippen molar-refractivity contribution < 1.29 is 28.2 Å². The first-order valence-electron chi connectivity index (χ1n) is 11.4. The lowest BCUT2D eigenvalue weighted by Crippen LogP contribution is -2.51. The molecule has 8 nitrogen and oxygen atoms in total. The molecule has 0 aliphatic carbocycles. The second kappa shape index (κ2) is 11.1. The molecular weight excluding hydrogens is 539 g/mol. The van der Waals surface area contributed by atoms with Crippen molar-refractivity contribution in [1.82, 2.24) is 9.62 Å². The normalized spacial score (nSPS) is 16.9. The monoisotopic (exact) mass is 562 g/mol. The lowest BCUT2D eigenvalue weighted by molar-refractivity contribution is -0.142. The molecule has 1 heterocycles. The number of benzene rings is 3. The molecular formula is C26H24Cl2N2O6S. The summed E-state index contributed by atoms with van der Waals surface area (Å²) >= 11 is 12.1. The Hall–Kier alpha value is -3.11. The molecule has 1 aliphatic heterocycles. The quantitative estimate of drug-likeness (QED) is 0.375. The molecule has 2 atom stereocenters. The fourth-order valence-electron chi connectivity index (χ4n) is 4.30. The van der Waals surface area contributed by atoms with Crippen molar-refractivity contribution in [1.29, 1.82) is 0 Å². The Bertz CT molecular complexity index is 1390. The fraction of sp³-hybridized carbons (Fsp3) is 0.231. The van der Waals surface area contributed by atoms with Crippen molar-refractivity contribution >= 4 is 45.1 Å². The number of carboxylic acid groups (broad SMARTS) is 1. The molecule has 3 aromatic rings. The number of nitrogens with zero attached hydrogens (tertiary/aromatic N) is 1.